The van der Waals surface area contributed by atoms with Crippen molar-refractivity contribution in [3.8, 4) is 11.5 Å². The van der Waals surface area contributed by atoms with Gasteiger partial charge in [-0.25, -0.2) is 0 Å². The van der Waals surface area contributed by atoms with Crippen LogP contribution in [0, 0.1) is 13.8 Å². The van der Waals surface area contributed by atoms with Crippen LogP contribution in [0.25, 0.3) is 5.76 Å². The molecule has 1 heterocycles. The Labute approximate surface area is 211 Å². The quantitative estimate of drug-likeness (QED) is 0.248. The van der Waals surface area contributed by atoms with Gasteiger partial charge in [-0.1, -0.05) is 30.3 Å². The van der Waals surface area contributed by atoms with E-state index in [0.29, 0.717) is 34.9 Å². The molecule has 0 spiro atoms. The van der Waals surface area contributed by atoms with Crippen LogP contribution >= 0.6 is 0 Å². The molecule has 0 aliphatic carbocycles. The zero-order chi connectivity index (χ0) is 26.0. The predicted molar refractivity (Wildman–Crippen MR) is 141 cm³/mol. The number of Topliss-reactive ketones (excluding diaryl/α,β-unsaturated/α-hetero) is 1. The van der Waals surface area contributed by atoms with E-state index in [9.17, 15) is 14.7 Å². The number of benzene rings is 3. The van der Waals surface area contributed by atoms with Gasteiger partial charge in [-0.2, -0.15) is 0 Å². The van der Waals surface area contributed by atoms with Gasteiger partial charge in [-0.05, 0) is 87.7 Å². The third-order valence-electron chi connectivity index (χ3n) is 5.89. The van der Waals surface area contributed by atoms with Crippen molar-refractivity contribution in [3.63, 3.8) is 0 Å². The van der Waals surface area contributed by atoms with E-state index in [0.717, 1.165) is 11.1 Å². The lowest BCUT2D eigenvalue weighted by molar-refractivity contribution is -0.132. The zero-order valence-corrected chi connectivity index (χ0v) is 21.2. The van der Waals surface area contributed by atoms with Gasteiger partial charge in [0.2, 0.25) is 0 Å². The van der Waals surface area contributed by atoms with E-state index in [2.05, 4.69) is 0 Å². The van der Waals surface area contributed by atoms with Crippen molar-refractivity contribution in [2.75, 3.05) is 11.5 Å². The highest BCUT2D eigenvalue weighted by Crippen LogP contribution is 2.43. The monoisotopic (exact) mass is 485 g/mol. The summed E-state index contributed by atoms with van der Waals surface area (Å²) >= 11 is 0. The molecular weight excluding hydrogens is 454 g/mol. The van der Waals surface area contributed by atoms with Gasteiger partial charge in [0.25, 0.3) is 11.7 Å². The first-order valence-corrected chi connectivity index (χ1v) is 12.1. The molecule has 4 rings (SSSR count). The van der Waals surface area contributed by atoms with Crippen molar-refractivity contribution in [2.24, 2.45) is 0 Å². The van der Waals surface area contributed by atoms with E-state index in [1.165, 1.54) is 4.90 Å². The fourth-order valence-corrected chi connectivity index (χ4v) is 4.59. The van der Waals surface area contributed by atoms with Crippen LogP contribution in [-0.4, -0.2) is 29.5 Å². The normalized spacial score (nSPS) is 17.1. The molecule has 186 valence electrons. The molecule has 1 N–H and O–H groups in total. The molecule has 1 fully saturated rings. The van der Waals surface area contributed by atoms with E-state index in [-0.39, 0.29) is 17.4 Å². The second-order valence-corrected chi connectivity index (χ2v) is 9.21. The smallest absolute Gasteiger partial charge is 0.300 e. The topological polar surface area (TPSA) is 76.1 Å². The Morgan fingerprint density at radius 3 is 2.28 bits per heavy atom. The fraction of sp³-hybridized carbons (Fsp3) is 0.267. The Morgan fingerprint density at radius 1 is 0.944 bits per heavy atom. The van der Waals surface area contributed by atoms with Crippen molar-refractivity contribution < 1.29 is 24.2 Å². The molecule has 1 atom stereocenters. The number of ketones is 1. The molecule has 1 saturated heterocycles. The third kappa shape index (κ3) is 4.98. The molecule has 1 unspecified atom stereocenters. The number of ether oxygens (including phenoxy) is 2. The first-order chi connectivity index (χ1) is 17.2. The SMILES string of the molecule is CCOc1cccc(/C(O)=C2\C(=O)C(=O)N(c3cc(C)cc(C)c3)C2c2cccc(OC(C)C)c2)c1. The number of anilines is 1. The highest BCUT2D eigenvalue weighted by molar-refractivity contribution is 6.51. The van der Waals surface area contributed by atoms with E-state index >= 15 is 0 Å². The van der Waals surface area contributed by atoms with Crippen LogP contribution in [0.15, 0.2) is 72.3 Å². The average molecular weight is 486 g/mol. The molecule has 1 amide bonds. The molecule has 1 aliphatic heterocycles. The van der Waals surface area contributed by atoms with E-state index in [1.54, 1.807) is 24.3 Å². The molecule has 3 aromatic carbocycles. The Balaban J connectivity index is 1.94. The largest absolute Gasteiger partial charge is 0.507 e. The maximum atomic E-state index is 13.5. The Bertz CT molecular complexity index is 1320. The molecule has 0 saturated carbocycles. The van der Waals surface area contributed by atoms with Crippen molar-refractivity contribution >= 4 is 23.1 Å². The van der Waals surface area contributed by atoms with Gasteiger partial charge in [-0.15, -0.1) is 0 Å². The molecule has 3 aromatic rings. The lowest BCUT2D eigenvalue weighted by atomic mass is 9.94. The lowest BCUT2D eigenvalue weighted by Crippen LogP contribution is -2.29. The molecule has 36 heavy (non-hydrogen) atoms. The van der Waals surface area contributed by atoms with Crippen LogP contribution in [0.4, 0.5) is 5.69 Å². The van der Waals surface area contributed by atoms with Crippen LogP contribution in [0.1, 0.15) is 49.1 Å². The summed E-state index contributed by atoms with van der Waals surface area (Å²) < 4.78 is 11.5. The number of rotatable bonds is 7. The second kappa shape index (κ2) is 10.3. The first kappa shape index (κ1) is 25.0. The van der Waals surface area contributed by atoms with Crippen LogP contribution in [0.5, 0.6) is 11.5 Å². The number of nitrogens with zero attached hydrogens (tertiary/aromatic N) is 1. The zero-order valence-electron chi connectivity index (χ0n) is 21.2. The number of aliphatic hydroxyl groups is 1. The van der Waals surface area contributed by atoms with Crippen molar-refractivity contribution in [3.05, 3.63) is 94.6 Å². The number of hydrogen-bond donors (Lipinski definition) is 1. The standard InChI is InChI=1S/C30H31NO5/c1-6-35-24-11-8-10-22(17-24)28(32)26-27(21-9-7-12-25(16-21)36-18(2)3)31(30(34)29(26)33)23-14-19(4)13-20(5)15-23/h7-18,27,32H,6H2,1-5H3/b28-26+. The summed E-state index contributed by atoms with van der Waals surface area (Å²) in [5, 5.41) is 11.4. The molecule has 1 aliphatic rings. The lowest BCUT2D eigenvalue weighted by Gasteiger charge is -2.26. The number of carbonyl (C=O) groups is 2. The summed E-state index contributed by atoms with van der Waals surface area (Å²) in [6.07, 6.45) is -0.0488. The van der Waals surface area contributed by atoms with Gasteiger partial charge >= 0.3 is 0 Å². The highest BCUT2D eigenvalue weighted by Gasteiger charge is 2.47. The van der Waals surface area contributed by atoms with Crippen LogP contribution in [-0.2, 0) is 9.59 Å². The van der Waals surface area contributed by atoms with Gasteiger partial charge in [0.05, 0.1) is 24.3 Å². The van der Waals surface area contributed by atoms with Gasteiger partial charge in [-0.3, -0.25) is 14.5 Å². The van der Waals surface area contributed by atoms with Crippen molar-refractivity contribution in [2.45, 2.75) is 46.8 Å². The summed E-state index contributed by atoms with van der Waals surface area (Å²) in [6.45, 7) is 10.1. The molecule has 0 bridgehead atoms. The van der Waals surface area contributed by atoms with Crippen molar-refractivity contribution in [1.29, 1.82) is 0 Å². The Hall–Kier alpha value is -4.06. The highest BCUT2D eigenvalue weighted by atomic mass is 16.5. The van der Waals surface area contributed by atoms with Crippen LogP contribution in [0.2, 0.25) is 0 Å². The number of hydrogen-bond acceptors (Lipinski definition) is 5. The maximum absolute atomic E-state index is 13.5. The van der Waals surface area contributed by atoms with Gasteiger partial charge in [0, 0.05) is 11.3 Å². The molecule has 6 heteroatoms. The number of aryl methyl sites for hydroxylation is 2. The van der Waals surface area contributed by atoms with Gasteiger partial charge in [0.1, 0.15) is 17.3 Å². The summed E-state index contributed by atoms with van der Waals surface area (Å²) in [5.41, 5.74) is 3.61. The van der Waals surface area contributed by atoms with Gasteiger partial charge in [0.15, 0.2) is 0 Å². The predicted octanol–water partition coefficient (Wildman–Crippen LogP) is 6.12. The third-order valence-corrected chi connectivity index (χ3v) is 5.89. The fourth-order valence-electron chi connectivity index (χ4n) is 4.59. The summed E-state index contributed by atoms with van der Waals surface area (Å²) in [6, 6.07) is 19.1. The number of amides is 1. The van der Waals surface area contributed by atoms with Crippen LogP contribution < -0.4 is 14.4 Å². The molecule has 0 aromatic heterocycles. The second-order valence-electron chi connectivity index (χ2n) is 9.21. The minimum absolute atomic E-state index is 0.0227. The summed E-state index contributed by atoms with van der Waals surface area (Å²) in [5.74, 6) is -0.501. The van der Waals surface area contributed by atoms with E-state index < -0.39 is 17.7 Å². The van der Waals surface area contributed by atoms with Crippen molar-refractivity contribution in [1.82, 2.24) is 0 Å². The summed E-state index contributed by atoms with van der Waals surface area (Å²) in [4.78, 5) is 28.4. The minimum Gasteiger partial charge on any atom is -0.507 e. The summed E-state index contributed by atoms with van der Waals surface area (Å²) in [7, 11) is 0. The number of aliphatic hydroxyl groups excluding tert-OH is 1. The molecule has 6 nitrogen and oxygen atoms in total. The minimum atomic E-state index is -0.835. The Kier molecular flexibility index (Phi) is 7.15. The first-order valence-electron chi connectivity index (χ1n) is 12.1. The molecular formula is C30H31NO5. The average Bonchev–Trinajstić information content (AvgIpc) is 3.08. The molecule has 0 radical (unpaired) electrons. The van der Waals surface area contributed by atoms with E-state index in [1.807, 2.05) is 77.1 Å². The number of carbonyl (C=O) groups excluding carboxylic acids is 2. The Morgan fingerprint density at radius 2 is 1.61 bits per heavy atom. The van der Waals surface area contributed by atoms with E-state index in [4.69, 9.17) is 9.47 Å². The van der Waals surface area contributed by atoms with Gasteiger partial charge < -0.3 is 14.6 Å². The van der Waals surface area contributed by atoms with Crippen LogP contribution in [0.3, 0.4) is 0 Å². The maximum Gasteiger partial charge on any atom is 0.300 e.